The van der Waals surface area contributed by atoms with Gasteiger partial charge >= 0.3 is 37.9 Å². The zero-order chi connectivity index (χ0) is 57.8. The predicted molar refractivity (Wildman–Crippen MR) is 275 cm³/mol. The predicted octanol–water partition coefficient (Wildman–Crippen LogP) is 1.40. The Labute approximate surface area is 445 Å². The van der Waals surface area contributed by atoms with E-state index in [9.17, 15) is 63.4 Å². The number of halogens is 1. The van der Waals surface area contributed by atoms with Crippen LogP contribution in [-0.2, 0) is 42.2 Å². The van der Waals surface area contributed by atoms with Gasteiger partial charge in [-0.25, -0.2) is 23.8 Å². The number of carbonyl (C=O) groups excluding carboxylic acids is 2. The number of terminal acetylenes is 2. The molecule has 0 aliphatic carbocycles. The van der Waals surface area contributed by atoms with E-state index in [1.807, 2.05) is 4.98 Å². The van der Waals surface area contributed by atoms with Gasteiger partial charge in [0.1, 0.15) is 54.6 Å². The van der Waals surface area contributed by atoms with Gasteiger partial charge < -0.3 is 53.5 Å². The van der Waals surface area contributed by atoms with Crippen LogP contribution < -0.4 is 41.7 Å². The maximum absolute atomic E-state index is 13.7. The topological polar surface area (TPSA) is 368 Å². The number of aliphatic hydroxyl groups is 5. The second-order valence-electron chi connectivity index (χ2n) is 17.8. The first kappa shape index (κ1) is 63.3. The highest BCUT2D eigenvalue weighted by molar-refractivity contribution is 7.84. The minimum absolute atomic E-state index is 0.128. The lowest BCUT2D eigenvalue weighted by molar-refractivity contribution is -0.150. The van der Waals surface area contributed by atoms with E-state index >= 15 is 0 Å². The summed E-state index contributed by atoms with van der Waals surface area (Å²) in [5, 5.41) is 55.5. The molecule has 4 heterocycles. The molecule has 0 spiro atoms. The number of rotatable bonds is 18. The quantitative estimate of drug-likeness (QED) is 0.0386. The van der Waals surface area contributed by atoms with Gasteiger partial charge in [0.15, 0.2) is 23.7 Å². The third-order valence-electron chi connectivity index (χ3n) is 10.9. The highest BCUT2D eigenvalue weighted by atomic mass is 35.7. The standard InChI is InChI=1S/C24H30N3O10P.C12H17ClNO4P.C12H14N2O6/c1-6-24(19(29)18(28)21(36-24)27-12-15(4)20(30)25-23(27)32)13-34-38(33,37-17-10-8-7-9-11-17)26-16(5)22(31)35-14(2)3;1-9(2)17-12(15)10(3)14-19(13,16)18-11-7-5-4-6-8-11;1-3-12(5-15)8(17)7(16)10(20-12)14-4-6(2)9(18)13-11(14)19/h1,7-12,14,16,18-19,21,28-29H,13H2,2-5H3,(H,26,33)(H,25,30,32);4-10H,1-3H3,(H,14,16);1,4,7-8,10,15-17H,5H2,2H3,(H,13,18,19)/t16-,18-,19?,21+,24+,38?;10-,19?;7-,8?,10+,12+/m000/s1. The van der Waals surface area contributed by atoms with Crippen molar-refractivity contribution in [3.63, 3.8) is 0 Å². The normalized spacial score (nSPS) is 25.0. The molecule has 420 valence electrons. The third kappa shape index (κ3) is 16.4. The average molecular weight is 1140 g/mol. The van der Waals surface area contributed by atoms with E-state index < -0.39 is 129 Å². The molecule has 26 nitrogen and oxygen atoms in total. The van der Waals surface area contributed by atoms with Gasteiger partial charge in [-0.05, 0) is 79.7 Å². The number of esters is 2. The Morgan fingerprint density at radius 1 is 0.701 bits per heavy atom. The minimum atomic E-state index is -4.40. The van der Waals surface area contributed by atoms with Crippen LogP contribution in [0.4, 0.5) is 0 Å². The molecule has 0 bridgehead atoms. The van der Waals surface area contributed by atoms with Crippen LogP contribution in [0.2, 0.25) is 0 Å². The molecular weight excluding hydrogens is 1080 g/mol. The molecule has 9 N–H and O–H groups in total. The number of ether oxygens (including phenoxy) is 4. The number of aromatic amines is 2. The maximum atomic E-state index is 13.7. The molecule has 2 aromatic heterocycles. The monoisotopic (exact) mass is 1140 g/mol. The molecule has 6 rings (SSSR count). The van der Waals surface area contributed by atoms with E-state index in [4.69, 9.17) is 56.6 Å². The van der Waals surface area contributed by atoms with Gasteiger partial charge in [0.05, 0.1) is 18.8 Å². The van der Waals surface area contributed by atoms with Crippen LogP contribution in [0.5, 0.6) is 11.5 Å². The van der Waals surface area contributed by atoms with Crippen molar-refractivity contribution in [3.05, 3.63) is 126 Å². The molecule has 77 heavy (non-hydrogen) atoms. The fourth-order valence-electron chi connectivity index (χ4n) is 6.92. The molecule has 0 radical (unpaired) electrons. The van der Waals surface area contributed by atoms with Gasteiger partial charge in [0.25, 0.3) is 11.1 Å². The van der Waals surface area contributed by atoms with E-state index in [1.54, 1.807) is 76.2 Å². The van der Waals surface area contributed by atoms with Crippen molar-refractivity contribution in [3.8, 4) is 36.2 Å². The molecule has 29 heteroatoms. The number of nitrogens with zero attached hydrogens (tertiary/aromatic N) is 2. The van der Waals surface area contributed by atoms with Gasteiger partial charge in [0.2, 0.25) is 0 Å². The van der Waals surface area contributed by atoms with Crippen LogP contribution >= 0.6 is 25.9 Å². The summed E-state index contributed by atoms with van der Waals surface area (Å²) in [6.07, 6.45) is 3.02. The van der Waals surface area contributed by atoms with Gasteiger partial charge in [-0.15, -0.1) is 12.8 Å². The first-order valence-electron chi connectivity index (χ1n) is 23.3. The van der Waals surface area contributed by atoms with Crippen molar-refractivity contribution in [1.82, 2.24) is 29.3 Å². The molecule has 2 aliphatic heterocycles. The number of para-hydroxylation sites is 2. The molecule has 12 atom stereocenters. The molecule has 4 aromatic rings. The number of carbonyl (C=O) groups is 2. The number of aryl methyl sites for hydroxylation is 2. The molecule has 2 saturated heterocycles. The Balaban J connectivity index is 0.000000275. The molecule has 2 aliphatic rings. The van der Waals surface area contributed by atoms with Crippen LogP contribution in [-0.4, -0.2) is 130 Å². The summed E-state index contributed by atoms with van der Waals surface area (Å²) in [7, 11) is -4.40. The summed E-state index contributed by atoms with van der Waals surface area (Å²) in [6, 6.07) is 14.4. The van der Waals surface area contributed by atoms with Crippen molar-refractivity contribution in [2.24, 2.45) is 0 Å². The van der Waals surface area contributed by atoms with Crippen LogP contribution in [0.15, 0.2) is 92.2 Å². The van der Waals surface area contributed by atoms with Crippen molar-refractivity contribution >= 4 is 37.8 Å². The summed E-state index contributed by atoms with van der Waals surface area (Å²) in [5.41, 5.74) is -6.48. The lowest BCUT2D eigenvalue weighted by Gasteiger charge is -2.29. The Bertz CT molecular complexity index is 3110. The van der Waals surface area contributed by atoms with Gasteiger partial charge in [0, 0.05) is 34.8 Å². The van der Waals surface area contributed by atoms with Crippen molar-refractivity contribution in [1.29, 1.82) is 0 Å². The van der Waals surface area contributed by atoms with Crippen LogP contribution in [0, 0.1) is 38.5 Å². The van der Waals surface area contributed by atoms with Crippen LogP contribution in [0.1, 0.15) is 65.1 Å². The van der Waals surface area contributed by atoms with E-state index in [1.165, 1.54) is 46.0 Å². The third-order valence-corrected chi connectivity index (χ3v) is 14.2. The SMILES string of the molecule is C#C[C@]1(CO)O[C@@H](n2cc(C)c(=O)[nH]c2=O)[C@@H](O)C1O.C#C[C@]1(COP(=O)(N[C@@H](C)C(=O)OC(C)C)Oc2ccccc2)O[C@@H](n2cc(C)c(=O)[nH]c2=O)[C@@H](O)C1O.CC(C)OC(=O)[C@H](C)NP(=O)(Cl)Oc1ccccc1. The van der Waals surface area contributed by atoms with Gasteiger partial charge in [-0.3, -0.25) is 42.8 Å². The second-order valence-corrected chi connectivity index (χ2v) is 22.2. The summed E-state index contributed by atoms with van der Waals surface area (Å²) in [5.74, 6) is 3.51. The van der Waals surface area contributed by atoms with Crippen molar-refractivity contribution in [2.45, 2.75) is 128 Å². The number of benzene rings is 2. The average Bonchev–Trinajstić information content (AvgIpc) is 3.77. The smallest absolute Gasteiger partial charge is 0.459 e. The Hall–Kier alpha value is -6.19. The largest absolute Gasteiger partial charge is 0.462 e. The Kier molecular flexibility index (Phi) is 22.1. The number of H-pyrrole nitrogens is 2. The maximum Gasteiger partial charge on any atom is 0.459 e. The lowest BCUT2D eigenvalue weighted by Crippen LogP contribution is -2.46. The number of aromatic nitrogens is 4. The highest BCUT2D eigenvalue weighted by Gasteiger charge is 2.56. The molecule has 0 amide bonds. The fraction of sp³-hybridized carbons (Fsp3) is 0.458. The molecular formula is C48H61ClN6O20P2. The van der Waals surface area contributed by atoms with Gasteiger partial charge in [-0.2, -0.15) is 5.09 Å². The Morgan fingerprint density at radius 2 is 1.09 bits per heavy atom. The first-order valence-corrected chi connectivity index (χ1v) is 27.3. The molecule has 2 fully saturated rings. The van der Waals surface area contributed by atoms with E-state index in [2.05, 4.69) is 27.0 Å². The van der Waals surface area contributed by atoms with Crippen LogP contribution in [0.25, 0.3) is 0 Å². The molecule has 0 saturated carbocycles. The second kappa shape index (κ2) is 26.9. The van der Waals surface area contributed by atoms with E-state index in [0.29, 0.717) is 5.75 Å². The molecule has 2 aromatic carbocycles. The molecule has 4 unspecified atom stereocenters. The zero-order valence-electron chi connectivity index (χ0n) is 42.8. The lowest BCUT2D eigenvalue weighted by atomic mass is 9.97. The van der Waals surface area contributed by atoms with Crippen molar-refractivity contribution in [2.75, 3.05) is 13.2 Å². The minimum Gasteiger partial charge on any atom is -0.462 e. The summed E-state index contributed by atoms with van der Waals surface area (Å²) >= 11 is 5.76. The van der Waals surface area contributed by atoms with Crippen molar-refractivity contribution < 1.29 is 76.8 Å². The van der Waals surface area contributed by atoms with E-state index in [-0.39, 0.29) is 23.0 Å². The number of hydrogen-bond donors (Lipinski definition) is 9. The van der Waals surface area contributed by atoms with Crippen LogP contribution in [0.3, 0.4) is 0 Å². The number of nitrogens with one attached hydrogen (secondary N) is 4. The summed E-state index contributed by atoms with van der Waals surface area (Å²) in [6.45, 7) is 7.37. The Morgan fingerprint density at radius 3 is 1.48 bits per heavy atom. The van der Waals surface area contributed by atoms with Gasteiger partial charge in [-0.1, -0.05) is 48.2 Å². The highest BCUT2D eigenvalue weighted by Crippen LogP contribution is 2.49. The zero-order valence-corrected chi connectivity index (χ0v) is 45.3. The van der Waals surface area contributed by atoms with E-state index in [0.717, 1.165) is 15.3 Å². The first-order chi connectivity index (χ1) is 36.0. The number of aliphatic hydroxyl groups excluding tert-OH is 5. The summed E-state index contributed by atoms with van der Waals surface area (Å²) < 4.78 is 64.9. The number of hydrogen-bond acceptors (Lipinski definition) is 20. The summed E-state index contributed by atoms with van der Waals surface area (Å²) in [4.78, 5) is 75.1. The fourth-order valence-corrected chi connectivity index (χ4v) is 10.1.